The van der Waals surface area contributed by atoms with Crippen LogP contribution in [0.3, 0.4) is 0 Å². The zero-order valence-electron chi connectivity index (χ0n) is 13.1. The SMILES string of the molecule is O=C(Nc1cn(C(=O)OCc2ccccc2)[nH]c1=O)c1ccccc1. The van der Waals surface area contributed by atoms with E-state index in [1.807, 2.05) is 30.3 Å². The maximum Gasteiger partial charge on any atom is 0.433 e. The Labute approximate surface area is 142 Å². The molecule has 7 heteroatoms. The van der Waals surface area contributed by atoms with Crippen LogP contribution in [0.15, 0.2) is 71.7 Å². The molecule has 0 unspecified atom stereocenters. The molecular formula is C18H15N3O4. The zero-order chi connectivity index (χ0) is 17.6. The second-order valence-corrected chi connectivity index (χ2v) is 5.21. The largest absolute Gasteiger partial charge is 0.443 e. The third kappa shape index (κ3) is 4.03. The van der Waals surface area contributed by atoms with E-state index in [4.69, 9.17) is 4.74 Å². The van der Waals surface area contributed by atoms with Crippen LogP contribution in [0, 0.1) is 0 Å². The van der Waals surface area contributed by atoms with Crippen molar-refractivity contribution in [3.8, 4) is 0 Å². The van der Waals surface area contributed by atoms with Gasteiger partial charge in [0.2, 0.25) is 0 Å². The number of H-pyrrole nitrogens is 1. The fourth-order valence-corrected chi connectivity index (χ4v) is 2.15. The first kappa shape index (κ1) is 16.3. The molecule has 25 heavy (non-hydrogen) atoms. The van der Waals surface area contributed by atoms with Crippen LogP contribution < -0.4 is 10.9 Å². The van der Waals surface area contributed by atoms with E-state index in [1.165, 1.54) is 6.20 Å². The fourth-order valence-electron chi connectivity index (χ4n) is 2.15. The molecule has 3 rings (SSSR count). The van der Waals surface area contributed by atoms with Crippen LogP contribution in [0.1, 0.15) is 15.9 Å². The molecule has 0 aliphatic rings. The number of anilines is 1. The van der Waals surface area contributed by atoms with E-state index in [1.54, 1.807) is 30.3 Å². The lowest BCUT2D eigenvalue weighted by Gasteiger charge is -2.04. The molecular weight excluding hydrogens is 322 g/mol. The van der Waals surface area contributed by atoms with Gasteiger partial charge in [-0.15, -0.1) is 0 Å². The van der Waals surface area contributed by atoms with Crippen LogP contribution in [0.25, 0.3) is 0 Å². The minimum Gasteiger partial charge on any atom is -0.443 e. The van der Waals surface area contributed by atoms with Crippen LogP contribution in [0.2, 0.25) is 0 Å². The summed E-state index contributed by atoms with van der Waals surface area (Å²) in [6, 6.07) is 17.6. The van der Waals surface area contributed by atoms with Crippen molar-refractivity contribution in [1.82, 2.24) is 9.78 Å². The van der Waals surface area contributed by atoms with Gasteiger partial charge in [-0.1, -0.05) is 48.5 Å². The smallest absolute Gasteiger partial charge is 0.433 e. The molecule has 0 aliphatic carbocycles. The number of carbonyl (C=O) groups excluding carboxylic acids is 2. The van der Waals surface area contributed by atoms with E-state index >= 15 is 0 Å². The Morgan fingerprint density at radius 1 is 1.00 bits per heavy atom. The Kier molecular flexibility index (Phi) is 4.75. The molecule has 0 radical (unpaired) electrons. The summed E-state index contributed by atoms with van der Waals surface area (Å²) in [6.07, 6.45) is 0.442. The lowest BCUT2D eigenvalue weighted by atomic mass is 10.2. The van der Waals surface area contributed by atoms with Gasteiger partial charge in [0.1, 0.15) is 12.3 Å². The highest BCUT2D eigenvalue weighted by molar-refractivity contribution is 6.04. The van der Waals surface area contributed by atoms with Crippen molar-refractivity contribution < 1.29 is 14.3 Å². The van der Waals surface area contributed by atoms with Gasteiger partial charge in [-0.05, 0) is 17.7 Å². The van der Waals surface area contributed by atoms with E-state index in [0.717, 1.165) is 10.2 Å². The number of rotatable bonds is 4. The van der Waals surface area contributed by atoms with Crippen LogP contribution in [0.4, 0.5) is 10.5 Å². The highest BCUT2D eigenvalue weighted by Crippen LogP contribution is 2.06. The zero-order valence-corrected chi connectivity index (χ0v) is 13.1. The van der Waals surface area contributed by atoms with E-state index in [0.29, 0.717) is 5.56 Å². The molecule has 3 aromatic rings. The van der Waals surface area contributed by atoms with E-state index in [9.17, 15) is 14.4 Å². The normalized spacial score (nSPS) is 10.2. The number of aromatic amines is 1. The molecule has 0 saturated heterocycles. The van der Waals surface area contributed by atoms with Gasteiger partial charge in [-0.3, -0.25) is 14.7 Å². The Morgan fingerprint density at radius 2 is 1.64 bits per heavy atom. The molecule has 7 nitrogen and oxygen atoms in total. The van der Waals surface area contributed by atoms with Crippen molar-refractivity contribution in [3.05, 3.63) is 88.3 Å². The van der Waals surface area contributed by atoms with E-state index < -0.39 is 17.6 Å². The second-order valence-electron chi connectivity index (χ2n) is 5.21. The highest BCUT2D eigenvalue weighted by atomic mass is 16.6. The minimum absolute atomic E-state index is 0.0366. The van der Waals surface area contributed by atoms with Crippen molar-refractivity contribution in [3.63, 3.8) is 0 Å². The van der Waals surface area contributed by atoms with Gasteiger partial charge in [0.15, 0.2) is 0 Å². The summed E-state index contributed by atoms with van der Waals surface area (Å²) in [5.41, 5.74) is 0.593. The van der Waals surface area contributed by atoms with Gasteiger partial charge in [-0.25, -0.2) is 4.79 Å². The first-order chi connectivity index (χ1) is 12.1. The van der Waals surface area contributed by atoms with Gasteiger partial charge in [0.25, 0.3) is 11.5 Å². The minimum atomic E-state index is -0.749. The van der Waals surface area contributed by atoms with E-state index in [-0.39, 0.29) is 12.3 Å². The second kappa shape index (κ2) is 7.31. The third-order valence-corrected chi connectivity index (χ3v) is 3.41. The first-order valence-corrected chi connectivity index (χ1v) is 7.52. The quantitative estimate of drug-likeness (QED) is 0.765. The molecule has 126 valence electrons. The number of aromatic nitrogens is 2. The monoisotopic (exact) mass is 337 g/mol. The van der Waals surface area contributed by atoms with Gasteiger partial charge in [0, 0.05) is 5.56 Å². The molecule has 1 amide bonds. The molecule has 1 heterocycles. The first-order valence-electron chi connectivity index (χ1n) is 7.52. The summed E-state index contributed by atoms with van der Waals surface area (Å²) in [7, 11) is 0. The summed E-state index contributed by atoms with van der Waals surface area (Å²) in [6.45, 7) is 0.0750. The number of amides is 1. The van der Waals surface area contributed by atoms with E-state index in [2.05, 4.69) is 10.4 Å². The molecule has 0 atom stereocenters. The molecule has 0 aliphatic heterocycles. The van der Waals surface area contributed by atoms with Crippen LogP contribution in [-0.4, -0.2) is 21.8 Å². The van der Waals surface area contributed by atoms with Crippen LogP contribution in [-0.2, 0) is 11.3 Å². The fraction of sp³-hybridized carbons (Fsp3) is 0.0556. The van der Waals surface area contributed by atoms with Gasteiger partial charge >= 0.3 is 6.09 Å². The lowest BCUT2D eigenvalue weighted by Crippen LogP contribution is -2.18. The van der Waals surface area contributed by atoms with Crippen LogP contribution in [0.5, 0.6) is 0 Å². The summed E-state index contributed by atoms with van der Waals surface area (Å²) < 4.78 is 6.01. The number of nitrogens with one attached hydrogen (secondary N) is 2. The predicted molar refractivity (Wildman–Crippen MR) is 91.5 cm³/mol. The van der Waals surface area contributed by atoms with Gasteiger partial charge in [-0.2, -0.15) is 4.68 Å². The Balaban J connectivity index is 1.66. The Bertz CT molecular complexity index is 930. The molecule has 2 N–H and O–H groups in total. The van der Waals surface area contributed by atoms with Crippen molar-refractivity contribution in [2.75, 3.05) is 5.32 Å². The van der Waals surface area contributed by atoms with Crippen molar-refractivity contribution in [1.29, 1.82) is 0 Å². The average Bonchev–Trinajstić information content (AvgIpc) is 3.02. The molecule has 0 bridgehead atoms. The van der Waals surface area contributed by atoms with Crippen LogP contribution >= 0.6 is 0 Å². The summed E-state index contributed by atoms with van der Waals surface area (Å²) in [4.78, 5) is 36.0. The van der Waals surface area contributed by atoms with Crippen molar-refractivity contribution in [2.24, 2.45) is 0 Å². The number of carbonyl (C=O) groups is 2. The Hall–Kier alpha value is -3.61. The number of hydrogen-bond donors (Lipinski definition) is 2. The summed E-state index contributed by atoms with van der Waals surface area (Å²) >= 11 is 0. The maximum absolute atomic E-state index is 12.1. The molecule has 0 fully saturated rings. The predicted octanol–water partition coefficient (Wildman–Crippen LogP) is 2.61. The van der Waals surface area contributed by atoms with Crippen molar-refractivity contribution >= 4 is 17.7 Å². The highest BCUT2D eigenvalue weighted by Gasteiger charge is 2.14. The maximum atomic E-state index is 12.1. The lowest BCUT2D eigenvalue weighted by molar-refractivity contribution is 0.102. The average molecular weight is 337 g/mol. The summed E-state index contributed by atoms with van der Waals surface area (Å²) in [5.74, 6) is -0.443. The third-order valence-electron chi connectivity index (χ3n) is 3.41. The number of benzene rings is 2. The Morgan fingerprint density at radius 3 is 2.32 bits per heavy atom. The molecule has 0 saturated carbocycles. The van der Waals surface area contributed by atoms with Gasteiger partial charge < -0.3 is 10.1 Å². The number of nitrogens with zero attached hydrogens (tertiary/aromatic N) is 1. The molecule has 2 aromatic carbocycles. The number of hydrogen-bond acceptors (Lipinski definition) is 4. The molecule has 1 aromatic heterocycles. The summed E-state index contributed by atoms with van der Waals surface area (Å²) in [5, 5.41) is 4.77. The van der Waals surface area contributed by atoms with Gasteiger partial charge in [0.05, 0.1) is 6.20 Å². The van der Waals surface area contributed by atoms with Crippen molar-refractivity contribution in [2.45, 2.75) is 6.61 Å². The standard InChI is InChI=1S/C18H15N3O4/c22-16(14-9-5-2-6-10-14)19-15-11-21(20-17(15)23)18(24)25-12-13-7-3-1-4-8-13/h1-11H,12H2,(H,19,22)(H,20,23). The topological polar surface area (TPSA) is 93.2 Å². The number of ether oxygens (including phenoxy) is 1. The molecule has 0 spiro atoms.